The predicted molar refractivity (Wildman–Crippen MR) is 78.5 cm³/mol. The monoisotopic (exact) mass is 274 g/mol. The highest BCUT2D eigenvalue weighted by molar-refractivity contribution is 5.75. The van der Waals surface area contributed by atoms with Crippen LogP contribution in [0.4, 0.5) is 5.69 Å². The molecule has 0 aliphatic heterocycles. The van der Waals surface area contributed by atoms with Gasteiger partial charge >= 0.3 is 0 Å². The lowest BCUT2D eigenvalue weighted by Crippen LogP contribution is -1.99. The predicted octanol–water partition coefficient (Wildman–Crippen LogP) is 2.67. The topological polar surface area (TPSA) is 66.6 Å². The van der Waals surface area contributed by atoms with Crippen LogP contribution in [0.3, 0.4) is 0 Å². The van der Waals surface area contributed by atoms with Crippen LogP contribution in [0.15, 0.2) is 24.3 Å². The van der Waals surface area contributed by atoms with Crippen LogP contribution < -0.4 is 19.9 Å². The summed E-state index contributed by atoms with van der Waals surface area (Å²) in [4.78, 5) is 4.48. The van der Waals surface area contributed by atoms with E-state index in [9.17, 15) is 0 Å². The smallest absolute Gasteiger partial charge is 0.203 e. The molecule has 0 saturated heterocycles. The van der Waals surface area contributed by atoms with Crippen molar-refractivity contribution in [3.05, 3.63) is 30.0 Å². The number of rotatable bonds is 4. The molecule has 1 aromatic carbocycles. The number of nitrogens with two attached hydrogens (primary N) is 1. The third-order valence-corrected chi connectivity index (χ3v) is 3.11. The summed E-state index contributed by atoms with van der Waals surface area (Å²) >= 11 is 0. The zero-order valence-corrected chi connectivity index (χ0v) is 12.1. The van der Waals surface area contributed by atoms with Crippen molar-refractivity contribution < 1.29 is 14.2 Å². The third kappa shape index (κ3) is 2.34. The van der Waals surface area contributed by atoms with Crippen molar-refractivity contribution in [2.45, 2.75) is 6.92 Å². The summed E-state index contributed by atoms with van der Waals surface area (Å²) in [6, 6.07) is 7.39. The van der Waals surface area contributed by atoms with Gasteiger partial charge in [0.1, 0.15) is 0 Å². The molecule has 0 atom stereocenters. The molecule has 0 unspecified atom stereocenters. The number of aryl methyl sites for hydroxylation is 1. The van der Waals surface area contributed by atoms with Crippen LogP contribution in [-0.4, -0.2) is 26.3 Å². The molecule has 106 valence electrons. The van der Waals surface area contributed by atoms with Crippen LogP contribution in [0.5, 0.6) is 17.2 Å². The molecule has 0 amide bonds. The first-order chi connectivity index (χ1) is 9.62. The second kappa shape index (κ2) is 5.69. The second-order valence-corrected chi connectivity index (χ2v) is 4.25. The maximum atomic E-state index is 5.80. The first kappa shape index (κ1) is 14.0. The van der Waals surface area contributed by atoms with Gasteiger partial charge in [0.2, 0.25) is 5.75 Å². The van der Waals surface area contributed by atoms with Crippen molar-refractivity contribution in [3.8, 4) is 28.5 Å². The van der Waals surface area contributed by atoms with Gasteiger partial charge in [0.15, 0.2) is 11.5 Å². The zero-order valence-electron chi connectivity index (χ0n) is 12.1. The van der Waals surface area contributed by atoms with Gasteiger partial charge in [-0.3, -0.25) is 4.98 Å². The lowest BCUT2D eigenvalue weighted by atomic mass is 10.1. The van der Waals surface area contributed by atoms with E-state index >= 15 is 0 Å². The summed E-state index contributed by atoms with van der Waals surface area (Å²) in [6.07, 6.45) is 0. The fraction of sp³-hybridized carbons (Fsp3) is 0.267. The number of nitrogen functional groups attached to an aromatic ring is 1. The molecule has 0 spiro atoms. The molecule has 0 fully saturated rings. The largest absolute Gasteiger partial charge is 0.493 e. The van der Waals surface area contributed by atoms with Gasteiger partial charge in [-0.05, 0) is 31.2 Å². The molecular weight excluding hydrogens is 256 g/mol. The van der Waals surface area contributed by atoms with Crippen molar-refractivity contribution >= 4 is 5.69 Å². The van der Waals surface area contributed by atoms with Crippen LogP contribution in [0, 0.1) is 6.92 Å². The number of nitrogens with zero attached hydrogens (tertiary/aromatic N) is 1. The fourth-order valence-corrected chi connectivity index (χ4v) is 2.02. The van der Waals surface area contributed by atoms with Crippen molar-refractivity contribution in [1.29, 1.82) is 0 Å². The summed E-state index contributed by atoms with van der Waals surface area (Å²) in [7, 11) is 4.75. The van der Waals surface area contributed by atoms with Gasteiger partial charge in [0.25, 0.3) is 0 Å². The van der Waals surface area contributed by atoms with E-state index in [-0.39, 0.29) is 0 Å². The van der Waals surface area contributed by atoms with Crippen molar-refractivity contribution in [1.82, 2.24) is 4.98 Å². The Bertz CT molecular complexity index is 627. The van der Waals surface area contributed by atoms with Crippen LogP contribution in [0.2, 0.25) is 0 Å². The summed E-state index contributed by atoms with van der Waals surface area (Å²) in [5.74, 6) is 1.74. The molecule has 0 bridgehead atoms. The molecule has 20 heavy (non-hydrogen) atoms. The molecular formula is C15H18N2O3. The van der Waals surface area contributed by atoms with E-state index in [0.29, 0.717) is 22.9 Å². The molecule has 0 aliphatic carbocycles. The van der Waals surface area contributed by atoms with E-state index in [1.54, 1.807) is 21.3 Å². The molecule has 5 nitrogen and oxygen atoms in total. The number of ether oxygens (including phenoxy) is 3. The Morgan fingerprint density at radius 2 is 1.60 bits per heavy atom. The number of pyridine rings is 1. The Morgan fingerprint density at radius 1 is 0.900 bits per heavy atom. The van der Waals surface area contributed by atoms with Crippen LogP contribution >= 0.6 is 0 Å². The number of aromatic nitrogens is 1. The second-order valence-electron chi connectivity index (χ2n) is 4.25. The number of methoxy groups -OCH3 is 3. The first-order valence-corrected chi connectivity index (χ1v) is 6.14. The third-order valence-electron chi connectivity index (χ3n) is 3.11. The standard InChI is InChI=1S/C15H18N2O3/c1-9-11(16)6-7-12(17-9)10-5-8-13(18-2)15(20-4)14(10)19-3/h5-8H,16H2,1-4H3. The summed E-state index contributed by atoms with van der Waals surface area (Å²) in [5.41, 5.74) is 8.84. The molecule has 1 heterocycles. The minimum absolute atomic E-state index is 0.545. The Kier molecular flexibility index (Phi) is 3.98. The van der Waals surface area contributed by atoms with Gasteiger partial charge in [-0.25, -0.2) is 0 Å². The summed E-state index contributed by atoms with van der Waals surface area (Å²) < 4.78 is 16.1. The molecule has 0 radical (unpaired) electrons. The van der Waals surface area contributed by atoms with E-state index in [2.05, 4.69) is 4.98 Å². The van der Waals surface area contributed by atoms with Gasteiger partial charge < -0.3 is 19.9 Å². The number of hydrogen-bond acceptors (Lipinski definition) is 5. The highest BCUT2D eigenvalue weighted by Crippen LogP contribution is 2.43. The first-order valence-electron chi connectivity index (χ1n) is 6.14. The van der Waals surface area contributed by atoms with E-state index in [1.807, 2.05) is 31.2 Å². The minimum Gasteiger partial charge on any atom is -0.493 e. The van der Waals surface area contributed by atoms with Gasteiger partial charge in [0.05, 0.1) is 38.4 Å². The average Bonchev–Trinajstić information content (AvgIpc) is 2.48. The van der Waals surface area contributed by atoms with Gasteiger partial charge in [-0.2, -0.15) is 0 Å². The maximum Gasteiger partial charge on any atom is 0.203 e. The van der Waals surface area contributed by atoms with Crippen LogP contribution in [-0.2, 0) is 0 Å². The average molecular weight is 274 g/mol. The Balaban J connectivity index is 2.64. The zero-order chi connectivity index (χ0) is 14.7. The molecule has 2 aromatic rings. The Morgan fingerprint density at radius 3 is 2.15 bits per heavy atom. The molecule has 2 N–H and O–H groups in total. The van der Waals surface area contributed by atoms with Gasteiger partial charge in [-0.1, -0.05) is 0 Å². The maximum absolute atomic E-state index is 5.80. The van der Waals surface area contributed by atoms with E-state index in [0.717, 1.165) is 17.0 Å². The lowest BCUT2D eigenvalue weighted by Gasteiger charge is -2.15. The van der Waals surface area contributed by atoms with Crippen LogP contribution in [0.1, 0.15) is 5.69 Å². The van der Waals surface area contributed by atoms with E-state index in [4.69, 9.17) is 19.9 Å². The molecule has 0 saturated carbocycles. The number of anilines is 1. The minimum atomic E-state index is 0.545. The number of benzene rings is 1. The highest BCUT2D eigenvalue weighted by atomic mass is 16.5. The summed E-state index contributed by atoms with van der Waals surface area (Å²) in [6.45, 7) is 1.87. The highest BCUT2D eigenvalue weighted by Gasteiger charge is 2.17. The Hall–Kier alpha value is -2.43. The molecule has 1 aromatic heterocycles. The van der Waals surface area contributed by atoms with Gasteiger partial charge in [0, 0.05) is 5.56 Å². The van der Waals surface area contributed by atoms with Crippen molar-refractivity contribution in [2.24, 2.45) is 0 Å². The molecule has 0 aliphatic rings. The van der Waals surface area contributed by atoms with E-state index in [1.165, 1.54) is 0 Å². The van der Waals surface area contributed by atoms with Crippen molar-refractivity contribution in [3.63, 3.8) is 0 Å². The number of hydrogen-bond donors (Lipinski definition) is 1. The van der Waals surface area contributed by atoms with E-state index < -0.39 is 0 Å². The molecule has 5 heteroatoms. The normalized spacial score (nSPS) is 10.2. The quantitative estimate of drug-likeness (QED) is 0.928. The molecule has 2 rings (SSSR count). The van der Waals surface area contributed by atoms with Gasteiger partial charge in [-0.15, -0.1) is 0 Å². The SMILES string of the molecule is COc1ccc(-c2ccc(N)c(C)n2)c(OC)c1OC. The summed E-state index contributed by atoms with van der Waals surface area (Å²) in [5, 5.41) is 0. The lowest BCUT2D eigenvalue weighted by molar-refractivity contribution is 0.325. The van der Waals surface area contributed by atoms with Crippen molar-refractivity contribution in [2.75, 3.05) is 27.1 Å². The Labute approximate surface area is 118 Å². The fourth-order valence-electron chi connectivity index (χ4n) is 2.02. The van der Waals surface area contributed by atoms with Crippen LogP contribution in [0.25, 0.3) is 11.3 Å².